The van der Waals surface area contributed by atoms with Gasteiger partial charge >= 0.3 is 0 Å². The molecule has 3 aromatic rings. The number of nitrogens with zero attached hydrogens (tertiary/aromatic N) is 4. The van der Waals surface area contributed by atoms with E-state index in [0.717, 1.165) is 0 Å². The molecule has 0 bridgehead atoms. The highest BCUT2D eigenvalue weighted by Crippen LogP contribution is 2.19. The molecule has 0 aliphatic heterocycles. The van der Waals surface area contributed by atoms with Crippen molar-refractivity contribution in [1.82, 2.24) is 19.7 Å². The molecular formula is C14H15N5O2. The van der Waals surface area contributed by atoms with E-state index in [2.05, 4.69) is 20.4 Å². The smallest absolute Gasteiger partial charge is 0.199 e. The molecule has 108 valence electrons. The molecule has 3 rings (SSSR count). The molecule has 0 unspecified atom stereocenters. The fourth-order valence-electron chi connectivity index (χ4n) is 1.86. The van der Waals surface area contributed by atoms with Crippen LogP contribution in [-0.2, 0) is 0 Å². The minimum atomic E-state index is 0.134. The molecule has 7 heteroatoms. The first kappa shape index (κ1) is 13.3. The number of aliphatic hydroxyl groups is 1. The zero-order valence-corrected chi connectivity index (χ0v) is 11.3. The molecule has 21 heavy (non-hydrogen) atoms. The van der Waals surface area contributed by atoms with Gasteiger partial charge in [0.1, 0.15) is 5.82 Å². The van der Waals surface area contributed by atoms with Crippen LogP contribution in [0.4, 0.5) is 5.82 Å². The van der Waals surface area contributed by atoms with Crippen molar-refractivity contribution >= 4 is 5.82 Å². The number of aromatic nitrogens is 4. The number of nitrogens with one attached hydrogen (secondary N) is 1. The van der Waals surface area contributed by atoms with Crippen LogP contribution in [0.3, 0.4) is 0 Å². The van der Waals surface area contributed by atoms with Gasteiger partial charge in [0, 0.05) is 31.6 Å². The third kappa shape index (κ3) is 3.09. The number of furan rings is 1. The molecule has 0 atom stereocenters. The van der Waals surface area contributed by atoms with Crippen LogP contribution in [0, 0.1) is 0 Å². The van der Waals surface area contributed by atoms with E-state index in [1.807, 2.05) is 12.3 Å². The molecule has 7 nitrogen and oxygen atoms in total. The highest BCUT2D eigenvalue weighted by molar-refractivity contribution is 5.53. The number of anilines is 1. The first-order valence-corrected chi connectivity index (χ1v) is 6.64. The first-order valence-electron chi connectivity index (χ1n) is 6.64. The van der Waals surface area contributed by atoms with Crippen molar-refractivity contribution in [3.63, 3.8) is 0 Å². The van der Waals surface area contributed by atoms with E-state index in [9.17, 15) is 0 Å². The molecule has 0 radical (unpaired) electrons. The predicted molar refractivity (Wildman–Crippen MR) is 77.0 cm³/mol. The van der Waals surface area contributed by atoms with Gasteiger partial charge in [0.2, 0.25) is 0 Å². The second kappa shape index (κ2) is 6.19. The summed E-state index contributed by atoms with van der Waals surface area (Å²) in [7, 11) is 0. The van der Waals surface area contributed by atoms with Gasteiger partial charge in [0.05, 0.1) is 6.26 Å². The second-order valence-electron chi connectivity index (χ2n) is 4.37. The van der Waals surface area contributed by atoms with Crippen molar-refractivity contribution in [2.24, 2.45) is 0 Å². The van der Waals surface area contributed by atoms with E-state index in [1.165, 1.54) is 0 Å². The third-order valence-electron chi connectivity index (χ3n) is 2.83. The van der Waals surface area contributed by atoms with Crippen LogP contribution >= 0.6 is 0 Å². The molecule has 0 saturated carbocycles. The zero-order valence-electron chi connectivity index (χ0n) is 11.3. The molecule has 0 saturated heterocycles. The fourth-order valence-corrected chi connectivity index (χ4v) is 1.86. The second-order valence-corrected chi connectivity index (χ2v) is 4.37. The summed E-state index contributed by atoms with van der Waals surface area (Å²) in [4.78, 5) is 8.87. The van der Waals surface area contributed by atoms with Crippen LogP contribution in [-0.4, -0.2) is 38.0 Å². The Kier molecular flexibility index (Phi) is 3.92. The highest BCUT2D eigenvalue weighted by Gasteiger charge is 2.10. The van der Waals surface area contributed by atoms with Crippen LogP contribution in [0.15, 0.2) is 47.3 Å². The van der Waals surface area contributed by atoms with Gasteiger partial charge in [-0.05, 0) is 24.6 Å². The molecule has 0 aliphatic carbocycles. The van der Waals surface area contributed by atoms with Gasteiger partial charge in [-0.25, -0.2) is 14.6 Å². The fraction of sp³-hybridized carbons (Fsp3) is 0.214. The van der Waals surface area contributed by atoms with Crippen LogP contribution < -0.4 is 5.32 Å². The minimum Gasteiger partial charge on any atom is -0.461 e. The third-order valence-corrected chi connectivity index (χ3v) is 2.83. The van der Waals surface area contributed by atoms with Crippen molar-refractivity contribution in [1.29, 1.82) is 0 Å². The summed E-state index contributed by atoms with van der Waals surface area (Å²) in [6.45, 7) is 0.763. The first-order chi connectivity index (χ1) is 10.4. The minimum absolute atomic E-state index is 0.134. The molecule has 0 aromatic carbocycles. The SMILES string of the molecule is OCCCNc1cc(-n2cccn2)nc(-c2ccco2)n1. The number of hydrogen-bond donors (Lipinski definition) is 2. The lowest BCUT2D eigenvalue weighted by atomic mass is 10.4. The van der Waals surface area contributed by atoms with Crippen molar-refractivity contribution in [2.75, 3.05) is 18.5 Å². The lowest BCUT2D eigenvalue weighted by Crippen LogP contribution is -2.08. The van der Waals surface area contributed by atoms with Gasteiger partial charge in [-0.1, -0.05) is 0 Å². The van der Waals surface area contributed by atoms with Gasteiger partial charge < -0.3 is 14.8 Å². The Balaban J connectivity index is 1.96. The summed E-state index contributed by atoms with van der Waals surface area (Å²) < 4.78 is 7.01. The molecular weight excluding hydrogens is 270 g/mol. The molecule has 3 aromatic heterocycles. The lowest BCUT2D eigenvalue weighted by molar-refractivity contribution is 0.292. The van der Waals surface area contributed by atoms with Gasteiger partial charge in [0.25, 0.3) is 0 Å². The summed E-state index contributed by atoms with van der Waals surface area (Å²) >= 11 is 0. The Morgan fingerprint density at radius 2 is 2.24 bits per heavy atom. The summed E-state index contributed by atoms with van der Waals surface area (Å²) in [6.07, 6.45) is 5.73. The molecule has 0 fully saturated rings. The molecule has 0 aliphatic rings. The predicted octanol–water partition coefficient (Wildman–Crippen LogP) is 1.72. The van der Waals surface area contributed by atoms with E-state index in [-0.39, 0.29) is 6.61 Å². The van der Waals surface area contributed by atoms with Gasteiger partial charge in [-0.3, -0.25) is 0 Å². The number of rotatable bonds is 6. The van der Waals surface area contributed by atoms with Crippen LogP contribution in [0.1, 0.15) is 6.42 Å². The average molecular weight is 285 g/mol. The van der Waals surface area contributed by atoms with E-state index in [1.54, 1.807) is 35.3 Å². The zero-order chi connectivity index (χ0) is 14.5. The summed E-state index contributed by atoms with van der Waals surface area (Å²) in [5.74, 6) is 2.39. The van der Waals surface area contributed by atoms with Crippen LogP contribution in [0.25, 0.3) is 17.4 Å². The van der Waals surface area contributed by atoms with E-state index in [4.69, 9.17) is 9.52 Å². The van der Waals surface area contributed by atoms with Crippen LogP contribution in [0.2, 0.25) is 0 Å². The number of aliphatic hydroxyl groups excluding tert-OH is 1. The maximum Gasteiger partial charge on any atom is 0.199 e. The monoisotopic (exact) mass is 285 g/mol. The molecule has 0 spiro atoms. The topological polar surface area (TPSA) is 89.0 Å². The average Bonchev–Trinajstić information content (AvgIpc) is 3.21. The highest BCUT2D eigenvalue weighted by atomic mass is 16.3. The van der Waals surface area contributed by atoms with Crippen molar-refractivity contribution in [3.05, 3.63) is 42.9 Å². The number of hydrogen-bond acceptors (Lipinski definition) is 6. The van der Waals surface area contributed by atoms with Gasteiger partial charge in [0.15, 0.2) is 17.4 Å². The molecule has 2 N–H and O–H groups in total. The van der Waals surface area contributed by atoms with Crippen molar-refractivity contribution < 1.29 is 9.52 Å². The maximum atomic E-state index is 8.85. The van der Waals surface area contributed by atoms with Gasteiger partial charge in [-0.15, -0.1) is 0 Å². The normalized spacial score (nSPS) is 10.7. The maximum absolute atomic E-state index is 8.85. The Morgan fingerprint density at radius 3 is 2.95 bits per heavy atom. The van der Waals surface area contributed by atoms with Crippen molar-refractivity contribution in [2.45, 2.75) is 6.42 Å². The van der Waals surface area contributed by atoms with Crippen molar-refractivity contribution in [3.8, 4) is 17.4 Å². The van der Waals surface area contributed by atoms with E-state index in [0.29, 0.717) is 36.2 Å². The van der Waals surface area contributed by atoms with E-state index >= 15 is 0 Å². The molecule has 0 amide bonds. The Labute approximate surface area is 121 Å². The Bertz CT molecular complexity index is 627. The standard InChI is InChI=1S/C14H15N5O2/c20-8-3-5-15-12-10-13(19-7-2-6-16-19)18-14(17-12)11-4-1-9-21-11/h1-2,4,6-7,9-10,20H,3,5,8H2,(H,15,17,18). The Hall–Kier alpha value is -2.67. The molecule has 3 heterocycles. The van der Waals surface area contributed by atoms with Gasteiger partial charge in [-0.2, -0.15) is 5.10 Å². The lowest BCUT2D eigenvalue weighted by Gasteiger charge is -2.08. The van der Waals surface area contributed by atoms with Crippen LogP contribution in [0.5, 0.6) is 0 Å². The largest absolute Gasteiger partial charge is 0.461 e. The quantitative estimate of drug-likeness (QED) is 0.670. The summed E-state index contributed by atoms with van der Waals surface area (Å²) in [5.41, 5.74) is 0. The van der Waals surface area contributed by atoms with E-state index < -0.39 is 0 Å². The Morgan fingerprint density at radius 1 is 1.29 bits per heavy atom. The summed E-state index contributed by atoms with van der Waals surface area (Å²) in [5, 5.41) is 16.2. The summed E-state index contributed by atoms with van der Waals surface area (Å²) in [6, 6.07) is 7.22.